The topological polar surface area (TPSA) is 26.3 Å². The van der Waals surface area contributed by atoms with Gasteiger partial charge in [-0.05, 0) is 36.3 Å². The fourth-order valence-corrected chi connectivity index (χ4v) is 5.69. The molecule has 2 aliphatic carbocycles. The SMILES string of the molecule is C[C@@H]1[C@@H]2OC(=O)[C@]13c1ccccc1CC[C@H]3C[C@@H]2Br. The maximum atomic E-state index is 12.7. The number of benzene rings is 1. The molecule has 2 bridgehead atoms. The molecule has 5 atom stereocenters. The second-order valence-electron chi connectivity index (χ2n) is 6.17. The lowest BCUT2D eigenvalue weighted by molar-refractivity contribution is -0.145. The smallest absolute Gasteiger partial charge is 0.317 e. The van der Waals surface area contributed by atoms with E-state index in [2.05, 4.69) is 47.1 Å². The van der Waals surface area contributed by atoms with Gasteiger partial charge < -0.3 is 4.74 Å². The molecule has 3 heteroatoms. The molecule has 0 aromatic heterocycles. The molecule has 100 valence electrons. The highest BCUT2D eigenvalue weighted by Crippen LogP contribution is 2.59. The summed E-state index contributed by atoms with van der Waals surface area (Å²) in [7, 11) is 0. The van der Waals surface area contributed by atoms with E-state index in [1.807, 2.05) is 0 Å². The fraction of sp³-hybridized carbons (Fsp3) is 0.562. The van der Waals surface area contributed by atoms with E-state index in [0.717, 1.165) is 19.3 Å². The zero-order valence-corrected chi connectivity index (χ0v) is 12.5. The summed E-state index contributed by atoms with van der Waals surface area (Å²) in [6.07, 6.45) is 3.28. The molecule has 1 aromatic carbocycles. The number of hydrogen-bond donors (Lipinski definition) is 0. The number of fused-ring (bicyclic) bond motifs is 2. The molecule has 0 radical (unpaired) electrons. The van der Waals surface area contributed by atoms with Crippen LogP contribution in [0, 0.1) is 11.8 Å². The maximum absolute atomic E-state index is 12.7. The first-order chi connectivity index (χ1) is 9.15. The highest BCUT2D eigenvalue weighted by atomic mass is 79.9. The number of hydrogen-bond acceptors (Lipinski definition) is 2. The van der Waals surface area contributed by atoms with Crippen LogP contribution in [0.15, 0.2) is 24.3 Å². The minimum Gasteiger partial charge on any atom is -0.460 e. The van der Waals surface area contributed by atoms with Crippen molar-refractivity contribution in [1.82, 2.24) is 0 Å². The normalized spacial score (nSPS) is 43.4. The number of carbonyl (C=O) groups excluding carboxylic acids is 1. The van der Waals surface area contributed by atoms with Crippen LogP contribution in [-0.2, 0) is 21.4 Å². The Bertz CT molecular complexity index is 555. The summed E-state index contributed by atoms with van der Waals surface area (Å²) < 4.78 is 5.74. The molecule has 1 aromatic rings. The van der Waals surface area contributed by atoms with Gasteiger partial charge in [-0.25, -0.2) is 0 Å². The van der Waals surface area contributed by atoms with E-state index in [0.29, 0.717) is 10.7 Å². The van der Waals surface area contributed by atoms with E-state index < -0.39 is 0 Å². The lowest BCUT2D eigenvalue weighted by Gasteiger charge is -2.47. The Hall–Kier alpha value is -0.830. The van der Waals surface area contributed by atoms with Crippen molar-refractivity contribution in [3.8, 4) is 0 Å². The molecule has 3 aliphatic rings. The third-order valence-electron chi connectivity index (χ3n) is 5.53. The summed E-state index contributed by atoms with van der Waals surface area (Å²) in [6.45, 7) is 2.19. The average Bonchev–Trinajstić information content (AvgIpc) is 2.60. The van der Waals surface area contributed by atoms with Crippen LogP contribution in [0.25, 0.3) is 0 Å². The molecular weight excluding hydrogens is 304 g/mol. The number of halogens is 1. The van der Waals surface area contributed by atoms with Gasteiger partial charge in [0.25, 0.3) is 0 Å². The Morgan fingerprint density at radius 3 is 3.00 bits per heavy atom. The highest BCUT2D eigenvalue weighted by Gasteiger charge is 2.66. The van der Waals surface area contributed by atoms with Gasteiger partial charge >= 0.3 is 5.97 Å². The lowest BCUT2D eigenvalue weighted by atomic mass is 9.54. The molecular formula is C16H17BrO2. The van der Waals surface area contributed by atoms with Crippen LogP contribution in [0.1, 0.15) is 30.9 Å². The second kappa shape index (κ2) is 3.85. The number of ether oxygens (including phenoxy) is 1. The molecule has 2 fully saturated rings. The summed E-state index contributed by atoms with van der Waals surface area (Å²) in [4.78, 5) is 13.0. The maximum Gasteiger partial charge on any atom is 0.317 e. The quantitative estimate of drug-likeness (QED) is 0.542. The fourth-order valence-electron chi connectivity index (χ4n) is 4.68. The standard InChI is InChI=1S/C16H17BrO2/c1-9-14-13(17)8-11-7-6-10-4-2-3-5-12(10)16(9,11)15(18)19-14/h2-5,9,11,13-14H,6-8H2,1H3/t9-,11+,13+,14+,16-/m1/s1. The molecule has 2 nitrogen and oxygen atoms in total. The van der Waals surface area contributed by atoms with E-state index in [1.165, 1.54) is 11.1 Å². The zero-order valence-electron chi connectivity index (χ0n) is 10.9. The Morgan fingerprint density at radius 1 is 1.37 bits per heavy atom. The Kier molecular flexibility index (Phi) is 2.42. The molecule has 0 N–H and O–H groups in total. The number of aryl methyl sites for hydroxylation is 1. The van der Waals surface area contributed by atoms with Crippen LogP contribution in [-0.4, -0.2) is 16.9 Å². The molecule has 19 heavy (non-hydrogen) atoms. The summed E-state index contributed by atoms with van der Waals surface area (Å²) in [6, 6.07) is 8.46. The van der Waals surface area contributed by atoms with Crippen LogP contribution in [0.5, 0.6) is 0 Å². The first kappa shape index (κ1) is 12.0. The van der Waals surface area contributed by atoms with E-state index in [-0.39, 0.29) is 23.4 Å². The van der Waals surface area contributed by atoms with Crippen molar-refractivity contribution in [2.45, 2.75) is 42.5 Å². The van der Waals surface area contributed by atoms with E-state index in [1.54, 1.807) is 0 Å². The third kappa shape index (κ3) is 1.30. The van der Waals surface area contributed by atoms with Gasteiger partial charge in [-0.2, -0.15) is 0 Å². The van der Waals surface area contributed by atoms with Crippen LogP contribution in [0.3, 0.4) is 0 Å². The van der Waals surface area contributed by atoms with Crippen LogP contribution < -0.4 is 0 Å². The molecule has 0 amide bonds. The van der Waals surface area contributed by atoms with Gasteiger partial charge in [0, 0.05) is 5.92 Å². The summed E-state index contributed by atoms with van der Waals surface area (Å²) in [5, 5.41) is 0. The molecule has 0 unspecified atom stereocenters. The second-order valence-corrected chi connectivity index (χ2v) is 7.35. The van der Waals surface area contributed by atoms with Gasteiger partial charge in [-0.3, -0.25) is 4.79 Å². The van der Waals surface area contributed by atoms with Gasteiger partial charge in [0.05, 0.1) is 4.83 Å². The van der Waals surface area contributed by atoms with E-state index in [4.69, 9.17) is 4.74 Å². The third-order valence-corrected chi connectivity index (χ3v) is 6.42. The Labute approximate surface area is 121 Å². The first-order valence-electron chi connectivity index (χ1n) is 7.09. The number of alkyl halides is 1. The minimum atomic E-state index is -0.371. The van der Waals surface area contributed by atoms with E-state index >= 15 is 0 Å². The largest absolute Gasteiger partial charge is 0.460 e. The van der Waals surface area contributed by atoms with Gasteiger partial charge in [0.1, 0.15) is 11.5 Å². The Morgan fingerprint density at radius 2 is 2.16 bits per heavy atom. The highest BCUT2D eigenvalue weighted by molar-refractivity contribution is 9.09. The van der Waals surface area contributed by atoms with Gasteiger partial charge in [0.15, 0.2) is 0 Å². The van der Waals surface area contributed by atoms with Crippen molar-refractivity contribution in [3.05, 3.63) is 35.4 Å². The molecule has 1 saturated heterocycles. The van der Waals surface area contributed by atoms with Gasteiger partial charge in [0.2, 0.25) is 0 Å². The molecule has 1 heterocycles. The summed E-state index contributed by atoms with van der Waals surface area (Å²) >= 11 is 3.73. The summed E-state index contributed by atoms with van der Waals surface area (Å²) in [5.41, 5.74) is 2.21. The summed E-state index contributed by atoms with van der Waals surface area (Å²) in [5.74, 6) is 0.710. The monoisotopic (exact) mass is 320 g/mol. The molecule has 1 saturated carbocycles. The zero-order chi connectivity index (χ0) is 13.2. The van der Waals surface area contributed by atoms with Crippen molar-refractivity contribution in [3.63, 3.8) is 0 Å². The molecule has 1 aliphatic heterocycles. The van der Waals surface area contributed by atoms with Crippen molar-refractivity contribution < 1.29 is 9.53 Å². The minimum absolute atomic E-state index is 0.0177. The predicted molar refractivity (Wildman–Crippen MR) is 76.3 cm³/mol. The van der Waals surface area contributed by atoms with Crippen molar-refractivity contribution >= 4 is 21.9 Å². The number of carbonyl (C=O) groups is 1. The van der Waals surface area contributed by atoms with Crippen LogP contribution >= 0.6 is 15.9 Å². The van der Waals surface area contributed by atoms with Gasteiger partial charge in [-0.15, -0.1) is 0 Å². The number of esters is 1. The Balaban J connectivity index is 1.97. The van der Waals surface area contributed by atoms with Crippen LogP contribution in [0.4, 0.5) is 0 Å². The van der Waals surface area contributed by atoms with Crippen molar-refractivity contribution in [2.75, 3.05) is 0 Å². The van der Waals surface area contributed by atoms with Crippen LogP contribution in [0.2, 0.25) is 0 Å². The first-order valence-corrected chi connectivity index (χ1v) is 8.00. The average molecular weight is 321 g/mol. The molecule has 1 spiro atoms. The van der Waals surface area contributed by atoms with E-state index in [9.17, 15) is 4.79 Å². The lowest BCUT2D eigenvalue weighted by Crippen LogP contribution is -2.52. The van der Waals surface area contributed by atoms with Gasteiger partial charge in [-0.1, -0.05) is 47.1 Å². The van der Waals surface area contributed by atoms with Crippen molar-refractivity contribution in [2.24, 2.45) is 11.8 Å². The van der Waals surface area contributed by atoms with Crippen molar-refractivity contribution in [1.29, 1.82) is 0 Å². The molecule has 4 rings (SSSR count). The number of rotatable bonds is 0. The predicted octanol–water partition coefficient (Wildman–Crippen LogP) is 3.22.